The van der Waals surface area contributed by atoms with Crippen molar-refractivity contribution in [3.8, 4) is 5.75 Å². The zero-order valence-electron chi connectivity index (χ0n) is 12.4. The predicted molar refractivity (Wildman–Crippen MR) is 91.8 cm³/mol. The molecule has 0 aliphatic carbocycles. The maximum absolute atomic E-state index is 5.33. The Morgan fingerprint density at radius 1 is 1.11 bits per heavy atom. The van der Waals surface area contributed by atoms with Gasteiger partial charge in [-0.2, -0.15) is 0 Å². The summed E-state index contributed by atoms with van der Waals surface area (Å²) >= 11 is 0. The lowest BCUT2D eigenvalue weighted by Gasteiger charge is -2.22. The fraction of sp³-hybridized carbons (Fsp3) is 0.500. The van der Waals surface area contributed by atoms with E-state index in [0.29, 0.717) is 0 Å². The van der Waals surface area contributed by atoms with Crippen LogP contribution >= 0.6 is 24.0 Å². The highest BCUT2D eigenvalue weighted by Crippen LogP contribution is 2.17. The Balaban J connectivity index is 0.00000324. The van der Waals surface area contributed by atoms with Crippen LogP contribution in [0.5, 0.6) is 5.75 Å². The van der Waals surface area contributed by atoms with E-state index in [2.05, 4.69) is 11.1 Å². The van der Waals surface area contributed by atoms with Gasteiger partial charge in [0, 0.05) is 34.7 Å². The highest BCUT2D eigenvalue weighted by atomic mass is 127. The third-order valence-electron chi connectivity index (χ3n) is 2.63. The SMILES string of the molecule is COc1ccccc1CCN=C(N(C)C)N(C)C.I. The summed E-state index contributed by atoms with van der Waals surface area (Å²) in [6.45, 7) is 0.756. The van der Waals surface area contributed by atoms with E-state index < -0.39 is 0 Å². The van der Waals surface area contributed by atoms with Crippen LogP contribution in [0.3, 0.4) is 0 Å². The van der Waals surface area contributed by atoms with Gasteiger partial charge in [0.1, 0.15) is 5.75 Å². The number of aliphatic imine (C=N–C) groups is 1. The van der Waals surface area contributed by atoms with Gasteiger partial charge in [-0.1, -0.05) is 18.2 Å². The van der Waals surface area contributed by atoms with Crippen LogP contribution < -0.4 is 4.74 Å². The first-order chi connectivity index (χ1) is 8.56. The monoisotopic (exact) mass is 377 g/mol. The van der Waals surface area contributed by atoms with Crippen molar-refractivity contribution in [2.24, 2.45) is 4.99 Å². The topological polar surface area (TPSA) is 28.1 Å². The second-order valence-electron chi connectivity index (χ2n) is 4.53. The first kappa shape index (κ1) is 18.0. The molecule has 1 aromatic carbocycles. The highest BCUT2D eigenvalue weighted by molar-refractivity contribution is 14.0. The van der Waals surface area contributed by atoms with E-state index in [1.54, 1.807) is 7.11 Å². The number of para-hydroxylation sites is 1. The maximum atomic E-state index is 5.33. The lowest BCUT2D eigenvalue weighted by molar-refractivity contribution is 0.409. The van der Waals surface area contributed by atoms with Gasteiger partial charge in [-0.25, -0.2) is 0 Å². The Bertz CT molecular complexity index is 395. The lowest BCUT2D eigenvalue weighted by atomic mass is 10.1. The molecule has 0 bridgehead atoms. The molecule has 0 saturated heterocycles. The zero-order chi connectivity index (χ0) is 13.5. The predicted octanol–water partition coefficient (Wildman–Crippen LogP) is 2.33. The molecule has 0 amide bonds. The largest absolute Gasteiger partial charge is 0.496 e. The summed E-state index contributed by atoms with van der Waals surface area (Å²) in [5.74, 6) is 1.91. The third-order valence-corrected chi connectivity index (χ3v) is 2.63. The molecule has 4 nitrogen and oxygen atoms in total. The molecule has 0 heterocycles. The number of hydrogen-bond donors (Lipinski definition) is 0. The molecule has 0 aliphatic rings. The molecule has 0 fully saturated rings. The Morgan fingerprint density at radius 2 is 1.68 bits per heavy atom. The van der Waals surface area contributed by atoms with Gasteiger partial charge in [0.2, 0.25) is 0 Å². The average molecular weight is 377 g/mol. The number of halogens is 1. The number of ether oxygens (including phenoxy) is 1. The van der Waals surface area contributed by atoms with Crippen LogP contribution in [0.25, 0.3) is 0 Å². The Hall–Kier alpha value is -0.980. The normalized spacial score (nSPS) is 9.32. The van der Waals surface area contributed by atoms with Crippen molar-refractivity contribution in [3.63, 3.8) is 0 Å². The summed E-state index contributed by atoms with van der Waals surface area (Å²) in [4.78, 5) is 8.64. The molecule has 1 rings (SSSR count). The number of hydrogen-bond acceptors (Lipinski definition) is 2. The van der Waals surface area contributed by atoms with Gasteiger partial charge < -0.3 is 14.5 Å². The van der Waals surface area contributed by atoms with Crippen LogP contribution in [-0.2, 0) is 6.42 Å². The van der Waals surface area contributed by atoms with Gasteiger partial charge >= 0.3 is 0 Å². The molecule has 0 spiro atoms. The van der Waals surface area contributed by atoms with Crippen molar-refractivity contribution in [3.05, 3.63) is 29.8 Å². The minimum absolute atomic E-state index is 0. The van der Waals surface area contributed by atoms with Gasteiger partial charge in [0.25, 0.3) is 0 Å². The molecule has 108 valence electrons. The van der Waals surface area contributed by atoms with Gasteiger partial charge in [0.05, 0.1) is 7.11 Å². The maximum Gasteiger partial charge on any atom is 0.195 e. The second-order valence-corrected chi connectivity index (χ2v) is 4.53. The molecular weight excluding hydrogens is 353 g/mol. The summed E-state index contributed by atoms with van der Waals surface area (Å²) < 4.78 is 5.33. The quantitative estimate of drug-likeness (QED) is 0.458. The standard InChI is InChI=1S/C14H23N3O.HI/c1-16(2)14(17(3)4)15-11-10-12-8-6-7-9-13(12)18-5;/h6-9H,10-11H2,1-5H3;1H. The molecule has 0 aliphatic heterocycles. The van der Waals surface area contributed by atoms with E-state index in [0.717, 1.165) is 24.7 Å². The molecule has 0 saturated carbocycles. The van der Waals surface area contributed by atoms with E-state index >= 15 is 0 Å². The minimum atomic E-state index is 0. The van der Waals surface area contributed by atoms with Crippen LogP contribution in [0.15, 0.2) is 29.3 Å². The van der Waals surface area contributed by atoms with Crippen molar-refractivity contribution in [2.75, 3.05) is 41.8 Å². The van der Waals surface area contributed by atoms with E-state index in [-0.39, 0.29) is 24.0 Å². The molecule has 0 unspecified atom stereocenters. The fourth-order valence-corrected chi connectivity index (χ4v) is 1.87. The molecule has 0 radical (unpaired) electrons. The second kappa shape index (κ2) is 9.01. The van der Waals surface area contributed by atoms with E-state index in [1.165, 1.54) is 5.56 Å². The first-order valence-corrected chi connectivity index (χ1v) is 6.07. The molecule has 0 atom stereocenters. The van der Waals surface area contributed by atoms with Gasteiger partial charge in [-0.05, 0) is 18.1 Å². The van der Waals surface area contributed by atoms with Crippen molar-refractivity contribution in [1.29, 1.82) is 0 Å². The number of benzene rings is 1. The van der Waals surface area contributed by atoms with Gasteiger partial charge in [-0.15, -0.1) is 24.0 Å². The van der Waals surface area contributed by atoms with Crippen LogP contribution in [0.4, 0.5) is 0 Å². The Morgan fingerprint density at radius 3 is 2.21 bits per heavy atom. The van der Waals surface area contributed by atoms with E-state index in [1.807, 2.05) is 56.2 Å². The fourth-order valence-electron chi connectivity index (χ4n) is 1.87. The number of nitrogens with zero attached hydrogens (tertiary/aromatic N) is 3. The average Bonchev–Trinajstić information content (AvgIpc) is 2.34. The molecule has 1 aromatic rings. The third kappa shape index (κ3) is 5.67. The van der Waals surface area contributed by atoms with Crippen LogP contribution in [0.2, 0.25) is 0 Å². The molecule has 0 N–H and O–H groups in total. The molecule has 19 heavy (non-hydrogen) atoms. The summed E-state index contributed by atoms with van der Waals surface area (Å²) in [6.07, 6.45) is 0.884. The van der Waals surface area contributed by atoms with Crippen molar-refractivity contribution >= 4 is 29.9 Å². The first-order valence-electron chi connectivity index (χ1n) is 6.07. The van der Waals surface area contributed by atoms with Crippen LogP contribution in [-0.4, -0.2) is 57.6 Å². The van der Waals surface area contributed by atoms with Crippen LogP contribution in [0, 0.1) is 0 Å². The summed E-state index contributed by atoms with van der Waals surface area (Å²) in [7, 11) is 9.71. The number of guanidine groups is 1. The summed E-state index contributed by atoms with van der Waals surface area (Å²) in [5.41, 5.74) is 1.20. The van der Waals surface area contributed by atoms with Crippen molar-refractivity contribution in [1.82, 2.24) is 9.80 Å². The lowest BCUT2D eigenvalue weighted by Crippen LogP contribution is -2.35. The van der Waals surface area contributed by atoms with E-state index in [9.17, 15) is 0 Å². The number of rotatable bonds is 4. The number of methoxy groups -OCH3 is 1. The molecule has 5 heteroatoms. The Labute approximate surface area is 133 Å². The smallest absolute Gasteiger partial charge is 0.195 e. The minimum Gasteiger partial charge on any atom is -0.496 e. The van der Waals surface area contributed by atoms with Gasteiger partial charge in [0.15, 0.2) is 5.96 Å². The highest BCUT2D eigenvalue weighted by Gasteiger charge is 2.05. The molecule has 0 aromatic heterocycles. The molecular formula is C14H24IN3O. The van der Waals surface area contributed by atoms with Crippen molar-refractivity contribution in [2.45, 2.75) is 6.42 Å². The zero-order valence-corrected chi connectivity index (χ0v) is 14.7. The van der Waals surface area contributed by atoms with Crippen LogP contribution in [0.1, 0.15) is 5.56 Å². The van der Waals surface area contributed by atoms with E-state index in [4.69, 9.17) is 4.74 Å². The Kier molecular flexibility index (Phi) is 8.54. The van der Waals surface area contributed by atoms with Crippen molar-refractivity contribution < 1.29 is 4.74 Å². The van der Waals surface area contributed by atoms with Gasteiger partial charge in [-0.3, -0.25) is 4.99 Å². The summed E-state index contributed by atoms with van der Waals surface area (Å²) in [5, 5.41) is 0. The summed E-state index contributed by atoms with van der Waals surface area (Å²) in [6, 6.07) is 8.08.